The van der Waals surface area contributed by atoms with Crippen molar-refractivity contribution in [1.82, 2.24) is 0 Å². The lowest BCUT2D eigenvalue weighted by molar-refractivity contribution is 0.585. The highest BCUT2D eigenvalue weighted by Crippen LogP contribution is 2.40. The van der Waals surface area contributed by atoms with E-state index in [4.69, 9.17) is 0 Å². The molecule has 0 saturated carbocycles. The third-order valence-electron chi connectivity index (χ3n) is 7.17. The van der Waals surface area contributed by atoms with E-state index in [0.29, 0.717) is 4.21 Å². The second kappa shape index (κ2) is 9.20. The third kappa shape index (κ3) is 4.04. The van der Waals surface area contributed by atoms with Gasteiger partial charge in [0.15, 0.2) is 9.84 Å². The van der Waals surface area contributed by atoms with Gasteiger partial charge in [-0.2, -0.15) is 0 Å². The second-order valence-corrected chi connectivity index (χ2v) is 13.8. The highest BCUT2D eigenvalue weighted by Gasteiger charge is 2.19. The number of thiophene rings is 2. The Kier molecular flexibility index (Phi) is 6.03. The molecule has 2 aromatic heterocycles. The molecule has 2 nitrogen and oxygen atoms in total. The van der Waals surface area contributed by atoms with Crippen molar-refractivity contribution in [3.8, 4) is 0 Å². The van der Waals surface area contributed by atoms with Crippen molar-refractivity contribution < 1.29 is 8.42 Å². The summed E-state index contributed by atoms with van der Waals surface area (Å²) in [5.41, 5.74) is 0. The summed E-state index contributed by atoms with van der Waals surface area (Å²) in [7, 11) is -3.25. The normalized spacial score (nSPS) is 12.6. The molecule has 5 heteroatoms. The van der Waals surface area contributed by atoms with E-state index < -0.39 is 9.84 Å². The third-order valence-corrected chi connectivity index (χ3v) is 11.5. The van der Waals surface area contributed by atoms with Gasteiger partial charge in [0.1, 0.15) is 4.21 Å². The van der Waals surface area contributed by atoms with E-state index in [9.17, 15) is 8.42 Å². The molecule has 0 radical (unpaired) electrons. The van der Waals surface area contributed by atoms with Crippen LogP contribution in [0.5, 0.6) is 0 Å². The number of benzene rings is 4. The molecule has 0 aliphatic heterocycles. The Morgan fingerprint density at radius 1 is 0.600 bits per heavy atom. The van der Waals surface area contributed by atoms with Crippen LogP contribution in [-0.4, -0.2) is 14.2 Å². The summed E-state index contributed by atoms with van der Waals surface area (Å²) in [6, 6.07) is 21.7. The summed E-state index contributed by atoms with van der Waals surface area (Å²) >= 11 is 3.19. The van der Waals surface area contributed by atoms with Crippen molar-refractivity contribution in [1.29, 1.82) is 0 Å². The van der Waals surface area contributed by atoms with Crippen molar-refractivity contribution in [2.45, 2.75) is 49.7 Å². The van der Waals surface area contributed by atoms with E-state index in [0.717, 1.165) is 34.7 Å². The van der Waals surface area contributed by atoms with Crippen molar-refractivity contribution in [3.05, 3.63) is 66.0 Å². The van der Waals surface area contributed by atoms with E-state index in [1.807, 2.05) is 6.07 Å². The first kappa shape index (κ1) is 23.0. The topological polar surface area (TPSA) is 34.1 Å². The fraction of sp³-hybridized carbons (Fsp3) is 0.267. The molecule has 6 aromatic rings. The van der Waals surface area contributed by atoms with Gasteiger partial charge in [-0.15, -0.1) is 22.7 Å². The molecule has 0 aliphatic carbocycles. The smallest absolute Gasteiger partial charge is 0.187 e. The minimum absolute atomic E-state index is 0.246. The lowest BCUT2D eigenvalue weighted by atomic mass is 9.95. The predicted molar refractivity (Wildman–Crippen MR) is 155 cm³/mol. The quantitative estimate of drug-likeness (QED) is 0.149. The first-order valence-electron chi connectivity index (χ1n) is 12.5. The van der Waals surface area contributed by atoms with Crippen LogP contribution in [0, 0.1) is 0 Å². The zero-order valence-electron chi connectivity index (χ0n) is 19.8. The molecule has 0 aliphatic rings. The Morgan fingerprint density at radius 2 is 1.14 bits per heavy atom. The molecule has 178 valence electrons. The minimum atomic E-state index is -3.25. The van der Waals surface area contributed by atoms with E-state index >= 15 is 0 Å². The van der Waals surface area contributed by atoms with E-state index in [-0.39, 0.29) is 5.75 Å². The number of fused-ring (bicyclic) bond motifs is 9. The first-order valence-corrected chi connectivity index (χ1v) is 15.8. The average molecular weight is 517 g/mol. The number of hydrogen-bond acceptors (Lipinski definition) is 4. The van der Waals surface area contributed by atoms with Gasteiger partial charge in [0, 0.05) is 20.2 Å². The maximum Gasteiger partial charge on any atom is 0.187 e. The molecule has 0 fully saturated rings. The van der Waals surface area contributed by atoms with Crippen LogP contribution in [-0.2, 0) is 9.84 Å². The molecule has 0 N–H and O–H groups in total. The number of hydrogen-bond donors (Lipinski definition) is 0. The van der Waals surface area contributed by atoms with Crippen LogP contribution in [0.25, 0.3) is 52.5 Å². The second-order valence-electron chi connectivity index (χ2n) is 9.44. The lowest BCUT2D eigenvalue weighted by Gasteiger charge is -2.09. The number of unbranched alkanes of at least 4 members (excludes halogenated alkanes) is 5. The first-order chi connectivity index (χ1) is 17.1. The van der Waals surface area contributed by atoms with Gasteiger partial charge >= 0.3 is 0 Å². The Morgan fingerprint density at radius 3 is 1.83 bits per heavy atom. The maximum absolute atomic E-state index is 13.1. The molecule has 0 bridgehead atoms. The van der Waals surface area contributed by atoms with Crippen LogP contribution in [0.3, 0.4) is 0 Å². The van der Waals surface area contributed by atoms with Gasteiger partial charge in [0.2, 0.25) is 0 Å². The van der Waals surface area contributed by atoms with Gasteiger partial charge in [0.05, 0.1) is 5.75 Å². The Balaban J connectivity index is 1.40. The van der Waals surface area contributed by atoms with Gasteiger partial charge < -0.3 is 0 Å². The molecule has 6 rings (SSSR count). The molecular weight excluding hydrogens is 489 g/mol. The zero-order valence-corrected chi connectivity index (χ0v) is 22.3. The summed E-state index contributed by atoms with van der Waals surface area (Å²) in [6.45, 7) is 2.20. The van der Waals surface area contributed by atoms with Gasteiger partial charge in [-0.05, 0) is 68.4 Å². The monoisotopic (exact) mass is 516 g/mol. The maximum atomic E-state index is 13.1. The summed E-state index contributed by atoms with van der Waals surface area (Å²) in [6.07, 6.45) is 6.50. The van der Waals surface area contributed by atoms with Gasteiger partial charge in [-0.3, -0.25) is 0 Å². The van der Waals surface area contributed by atoms with Crippen molar-refractivity contribution in [2.24, 2.45) is 0 Å². The largest absolute Gasteiger partial charge is 0.223 e. The van der Waals surface area contributed by atoms with Crippen LogP contribution >= 0.6 is 22.7 Å². The van der Waals surface area contributed by atoms with E-state index in [1.165, 1.54) is 67.6 Å². The Hall–Kier alpha value is -2.47. The molecule has 0 spiro atoms. The number of rotatable bonds is 8. The van der Waals surface area contributed by atoms with Crippen LogP contribution in [0.1, 0.15) is 45.4 Å². The van der Waals surface area contributed by atoms with Gasteiger partial charge in [0.25, 0.3) is 0 Å². The van der Waals surface area contributed by atoms with E-state index in [1.54, 1.807) is 11.3 Å². The summed E-state index contributed by atoms with van der Waals surface area (Å²) in [5, 5.41) is 11.8. The van der Waals surface area contributed by atoms with Crippen molar-refractivity contribution in [2.75, 3.05) is 5.75 Å². The van der Waals surface area contributed by atoms with Crippen LogP contribution < -0.4 is 0 Å². The highest BCUT2D eigenvalue weighted by molar-refractivity contribution is 7.93. The Labute approximate surface area is 214 Å². The fourth-order valence-electron chi connectivity index (χ4n) is 5.31. The minimum Gasteiger partial charge on any atom is -0.223 e. The SMILES string of the molecule is CCCCCCCCS(=O)(=O)c1cc2c(ccc3c2ccc2c4ccc5sccc5c4ccc32)s1. The Bertz CT molecular complexity index is 1810. The zero-order chi connectivity index (χ0) is 24.0. The average Bonchev–Trinajstić information content (AvgIpc) is 3.53. The van der Waals surface area contributed by atoms with Crippen LogP contribution in [0.2, 0.25) is 0 Å². The molecular formula is C30H28O2S3. The lowest BCUT2D eigenvalue weighted by Crippen LogP contribution is -2.04. The fourth-order valence-corrected chi connectivity index (χ4v) is 9.03. The summed E-state index contributed by atoms with van der Waals surface area (Å²) < 4.78 is 29.0. The predicted octanol–water partition coefficient (Wildman–Crippen LogP) is 9.71. The molecule has 0 saturated heterocycles. The van der Waals surface area contributed by atoms with Gasteiger partial charge in [-0.1, -0.05) is 75.4 Å². The number of sulfone groups is 1. The van der Waals surface area contributed by atoms with E-state index in [2.05, 4.69) is 66.9 Å². The molecule has 35 heavy (non-hydrogen) atoms. The van der Waals surface area contributed by atoms with Crippen LogP contribution in [0.15, 0.2) is 70.3 Å². The molecule has 0 unspecified atom stereocenters. The van der Waals surface area contributed by atoms with Crippen molar-refractivity contribution >= 4 is 85.0 Å². The molecule has 4 aromatic carbocycles. The summed E-state index contributed by atoms with van der Waals surface area (Å²) in [4.78, 5) is 0. The van der Waals surface area contributed by atoms with Gasteiger partial charge in [-0.25, -0.2) is 8.42 Å². The molecule has 0 amide bonds. The standard InChI is InChI=1S/C30H28O2S3/c1-2-3-4-5-6-7-18-35(31,32)30-19-27-25-11-9-20-21(23(25)13-15-29(27)34-30)8-10-24-22(20)12-14-28-26(24)16-17-33-28/h8-17,19H,2-7,18H2,1H3. The van der Waals surface area contributed by atoms with Crippen LogP contribution in [0.4, 0.5) is 0 Å². The van der Waals surface area contributed by atoms with Crippen molar-refractivity contribution in [3.63, 3.8) is 0 Å². The molecule has 2 heterocycles. The summed E-state index contributed by atoms with van der Waals surface area (Å²) in [5.74, 6) is 0.246. The highest BCUT2D eigenvalue weighted by atomic mass is 32.2. The molecule has 0 atom stereocenters.